The number of benzene rings is 1. The molecule has 3 atom stereocenters. The van der Waals surface area contributed by atoms with E-state index >= 15 is 0 Å². The second-order valence-corrected chi connectivity index (χ2v) is 7.14. The minimum absolute atomic E-state index is 0.112. The molecule has 1 aliphatic rings. The molecule has 0 bridgehead atoms. The van der Waals surface area contributed by atoms with Gasteiger partial charge in [0.1, 0.15) is 12.1 Å². The fourth-order valence-corrected chi connectivity index (χ4v) is 4.35. The predicted octanol–water partition coefficient (Wildman–Crippen LogP) is 1.79. The number of primary amides is 1. The van der Waals surface area contributed by atoms with Gasteiger partial charge in [-0.25, -0.2) is 0 Å². The van der Waals surface area contributed by atoms with Crippen LogP contribution in [0.4, 0.5) is 0 Å². The van der Waals surface area contributed by atoms with Crippen molar-refractivity contribution in [2.45, 2.75) is 11.4 Å². The Bertz CT molecular complexity index is 757. The number of nitrogens with two attached hydrogens (primary N) is 1. The average Bonchev–Trinajstić information content (AvgIpc) is 2.70. The maximum absolute atomic E-state index is 12.8. The molecule has 0 heterocycles. The lowest BCUT2D eigenvalue weighted by Gasteiger charge is -2.41. The van der Waals surface area contributed by atoms with Gasteiger partial charge in [-0.05, 0) is 5.56 Å². The van der Waals surface area contributed by atoms with Crippen LogP contribution in [0.5, 0.6) is 0 Å². The number of carbonyl (C=O) groups excluding carboxylic acids is 2. The van der Waals surface area contributed by atoms with E-state index < -0.39 is 23.3 Å². The molecule has 0 aromatic heterocycles. The van der Waals surface area contributed by atoms with Crippen molar-refractivity contribution in [1.82, 2.24) is 5.32 Å². The zero-order chi connectivity index (χ0) is 19.7. The Labute approximate surface area is 163 Å². The number of nitrogens with one attached hydrogen (secondary N) is 1. The quantitative estimate of drug-likeness (QED) is 0.631. The topological polar surface area (TPSA) is 105 Å². The zero-order valence-corrected chi connectivity index (χ0v) is 15.9. The van der Waals surface area contributed by atoms with Crippen molar-refractivity contribution in [3.05, 3.63) is 60.2 Å². The first kappa shape index (κ1) is 20.7. The minimum atomic E-state index is -1.19. The maximum Gasteiger partial charge on any atom is 0.228 e. The molecular weight excluding hydrogens is 362 g/mol. The fraction of sp³-hybridized carbons (Fsp3) is 0.350. The van der Waals surface area contributed by atoms with Crippen LogP contribution in [-0.2, 0) is 20.1 Å². The van der Waals surface area contributed by atoms with Gasteiger partial charge in [-0.15, -0.1) is 0 Å². The first-order valence-electron chi connectivity index (χ1n) is 8.52. The maximum atomic E-state index is 12.8. The van der Waals surface area contributed by atoms with Crippen LogP contribution < -0.4 is 11.1 Å². The minimum Gasteiger partial charge on any atom is -0.372 e. The Morgan fingerprint density at radius 3 is 2.74 bits per heavy atom. The average molecular weight is 385 g/mol. The van der Waals surface area contributed by atoms with Crippen LogP contribution in [0.25, 0.3) is 0 Å². The van der Waals surface area contributed by atoms with Crippen molar-refractivity contribution in [2.24, 2.45) is 17.6 Å². The van der Waals surface area contributed by atoms with Crippen molar-refractivity contribution in [2.75, 3.05) is 19.4 Å². The summed E-state index contributed by atoms with van der Waals surface area (Å²) in [6.07, 6.45) is 6.82. The van der Waals surface area contributed by atoms with Gasteiger partial charge in [0.05, 0.1) is 17.9 Å². The third-order valence-corrected chi connectivity index (χ3v) is 5.62. The summed E-state index contributed by atoms with van der Waals surface area (Å²) in [6.45, 7) is -0.112. The molecule has 1 aliphatic carbocycles. The number of hydrogen-bond donors (Lipinski definition) is 2. The van der Waals surface area contributed by atoms with Gasteiger partial charge in [0.15, 0.2) is 0 Å². The Morgan fingerprint density at radius 1 is 1.37 bits per heavy atom. The van der Waals surface area contributed by atoms with Crippen molar-refractivity contribution in [1.29, 1.82) is 5.26 Å². The highest BCUT2D eigenvalue weighted by atomic mass is 32.2. The lowest BCUT2D eigenvalue weighted by molar-refractivity contribution is -0.140. The van der Waals surface area contributed by atoms with Gasteiger partial charge in [-0.1, -0.05) is 54.6 Å². The van der Waals surface area contributed by atoms with Crippen molar-refractivity contribution >= 4 is 23.6 Å². The smallest absolute Gasteiger partial charge is 0.228 e. The Balaban J connectivity index is 2.25. The van der Waals surface area contributed by atoms with E-state index in [-0.39, 0.29) is 12.5 Å². The first-order chi connectivity index (χ1) is 13.0. The molecule has 0 aliphatic heterocycles. The molecule has 142 valence electrons. The molecule has 2 rings (SSSR count). The monoisotopic (exact) mass is 385 g/mol. The Kier molecular flexibility index (Phi) is 7.65. The van der Waals surface area contributed by atoms with Gasteiger partial charge in [0, 0.05) is 18.6 Å². The molecule has 3 unspecified atom stereocenters. The van der Waals surface area contributed by atoms with E-state index in [1.165, 1.54) is 7.11 Å². The van der Waals surface area contributed by atoms with Crippen LogP contribution in [0, 0.1) is 23.2 Å². The molecule has 0 saturated carbocycles. The van der Waals surface area contributed by atoms with Gasteiger partial charge in [0.25, 0.3) is 0 Å². The number of allylic oxidation sites excluding steroid dienone is 2. The van der Waals surface area contributed by atoms with E-state index in [1.54, 1.807) is 36.1 Å². The highest BCUT2D eigenvalue weighted by Crippen LogP contribution is 2.37. The molecule has 0 saturated heterocycles. The normalized spacial score (nSPS) is 22.0. The largest absolute Gasteiger partial charge is 0.372 e. The summed E-state index contributed by atoms with van der Waals surface area (Å²) in [4.78, 5) is 24.8. The van der Waals surface area contributed by atoms with E-state index in [0.717, 1.165) is 5.56 Å². The van der Waals surface area contributed by atoms with Crippen molar-refractivity contribution in [3.63, 3.8) is 0 Å². The molecule has 27 heavy (non-hydrogen) atoms. The summed E-state index contributed by atoms with van der Waals surface area (Å²) in [5.41, 5.74) is 5.53. The molecule has 0 fully saturated rings. The zero-order valence-electron chi connectivity index (χ0n) is 15.1. The third kappa shape index (κ3) is 5.00. The number of amides is 2. The second-order valence-electron chi connectivity index (χ2n) is 6.11. The molecule has 7 heteroatoms. The summed E-state index contributed by atoms with van der Waals surface area (Å²) in [6, 6.07) is 11.8. The van der Waals surface area contributed by atoms with Crippen LogP contribution in [-0.4, -0.2) is 36.8 Å². The van der Waals surface area contributed by atoms with Gasteiger partial charge < -0.3 is 15.8 Å². The number of nitrogens with zero attached hydrogens (tertiary/aromatic N) is 1. The van der Waals surface area contributed by atoms with Crippen LogP contribution in [0.3, 0.4) is 0 Å². The third-order valence-electron chi connectivity index (χ3n) is 4.52. The lowest BCUT2D eigenvalue weighted by atomic mass is 9.74. The number of hydrogen-bond acceptors (Lipinski definition) is 5. The molecular formula is C20H23N3O3S. The molecule has 1 aromatic rings. The van der Waals surface area contributed by atoms with Crippen LogP contribution in [0.1, 0.15) is 5.56 Å². The van der Waals surface area contributed by atoms with Gasteiger partial charge >= 0.3 is 0 Å². The molecule has 3 N–H and O–H groups in total. The van der Waals surface area contributed by atoms with Crippen molar-refractivity contribution in [3.8, 4) is 6.07 Å². The standard InChI is InChI=1S/C20H23N3O3S/c1-26-20(10-6-5-9-16(20)18(22)24)17(19(25)23-12-11-21)14-27-13-15-7-3-2-4-8-15/h2-10,16-17H,12-14H2,1H3,(H2,22,24)(H,23,25). The van der Waals surface area contributed by atoms with E-state index in [1.807, 2.05) is 36.4 Å². The van der Waals surface area contributed by atoms with E-state index in [0.29, 0.717) is 11.5 Å². The first-order valence-corrected chi connectivity index (χ1v) is 9.67. The number of rotatable bonds is 9. The summed E-state index contributed by atoms with van der Waals surface area (Å²) in [5, 5.41) is 11.4. The second kappa shape index (κ2) is 9.95. The number of ether oxygens (including phenoxy) is 1. The summed E-state index contributed by atoms with van der Waals surface area (Å²) < 4.78 is 5.72. The predicted molar refractivity (Wildman–Crippen MR) is 105 cm³/mol. The van der Waals surface area contributed by atoms with Crippen LogP contribution in [0.15, 0.2) is 54.6 Å². The van der Waals surface area contributed by atoms with Gasteiger partial charge in [-0.3, -0.25) is 9.59 Å². The molecule has 6 nitrogen and oxygen atoms in total. The number of methoxy groups -OCH3 is 1. The number of carbonyl (C=O) groups is 2. The Hall–Kier alpha value is -2.56. The van der Waals surface area contributed by atoms with E-state index in [9.17, 15) is 9.59 Å². The summed E-state index contributed by atoms with van der Waals surface area (Å²) in [5.74, 6) is -1.26. The summed E-state index contributed by atoms with van der Waals surface area (Å²) in [7, 11) is 1.46. The molecule has 2 amide bonds. The lowest BCUT2D eigenvalue weighted by Crippen LogP contribution is -2.56. The molecule has 0 spiro atoms. The van der Waals surface area contributed by atoms with Crippen molar-refractivity contribution < 1.29 is 14.3 Å². The molecule has 1 aromatic carbocycles. The molecule has 0 radical (unpaired) electrons. The van der Waals surface area contributed by atoms with Crippen LogP contribution in [0.2, 0.25) is 0 Å². The van der Waals surface area contributed by atoms with Gasteiger partial charge in [0.2, 0.25) is 11.8 Å². The van der Waals surface area contributed by atoms with E-state index in [4.69, 9.17) is 15.7 Å². The SMILES string of the molecule is COC1(C(CSCc2ccccc2)C(=O)NCC#N)C=CC=CC1C(N)=O. The van der Waals surface area contributed by atoms with Gasteiger partial charge in [-0.2, -0.15) is 17.0 Å². The fourth-order valence-electron chi connectivity index (χ4n) is 3.15. The Morgan fingerprint density at radius 2 is 2.11 bits per heavy atom. The van der Waals surface area contributed by atoms with Crippen LogP contribution >= 0.6 is 11.8 Å². The summed E-state index contributed by atoms with van der Waals surface area (Å²) >= 11 is 1.56. The highest BCUT2D eigenvalue weighted by Gasteiger charge is 2.49. The number of nitriles is 1. The number of thioether (sulfide) groups is 1. The highest BCUT2D eigenvalue weighted by molar-refractivity contribution is 7.98. The van der Waals surface area contributed by atoms with E-state index in [2.05, 4.69) is 5.32 Å².